The average Bonchev–Trinajstić information content (AvgIpc) is 2.84. The highest BCUT2D eigenvalue weighted by atomic mass is 19.1. The monoisotopic (exact) mass is 439 g/mol. The van der Waals surface area contributed by atoms with E-state index >= 15 is 0 Å². The number of aliphatic imine (C=N–C) groups is 1. The van der Waals surface area contributed by atoms with Crippen LogP contribution >= 0.6 is 0 Å². The summed E-state index contributed by atoms with van der Waals surface area (Å²) in [5, 5.41) is 3.84. The molecular formula is C25H34FN5O. The molecule has 2 fully saturated rings. The van der Waals surface area contributed by atoms with Gasteiger partial charge in [-0.25, -0.2) is 4.39 Å². The summed E-state index contributed by atoms with van der Waals surface area (Å²) in [5.41, 5.74) is 8.62. The smallest absolute Gasteiger partial charge is 0.191 e. The lowest BCUT2D eigenvalue weighted by Gasteiger charge is -2.40. The van der Waals surface area contributed by atoms with Crippen LogP contribution in [0.4, 0.5) is 10.1 Å². The number of hydrogen-bond donors (Lipinski definition) is 2. The molecule has 0 aromatic heterocycles. The van der Waals surface area contributed by atoms with Gasteiger partial charge in [0.1, 0.15) is 5.82 Å². The van der Waals surface area contributed by atoms with Gasteiger partial charge in [-0.15, -0.1) is 0 Å². The molecule has 2 heterocycles. The zero-order valence-corrected chi connectivity index (χ0v) is 18.8. The molecule has 0 bridgehead atoms. The van der Waals surface area contributed by atoms with Crippen molar-refractivity contribution in [3.63, 3.8) is 0 Å². The second kappa shape index (κ2) is 10.3. The number of nitrogens with one attached hydrogen (secondary N) is 1. The number of nitrogens with zero attached hydrogens (tertiary/aromatic N) is 3. The molecule has 2 saturated heterocycles. The van der Waals surface area contributed by atoms with E-state index in [9.17, 15) is 4.39 Å². The second-order valence-corrected chi connectivity index (χ2v) is 8.79. The Morgan fingerprint density at radius 2 is 1.72 bits per heavy atom. The fourth-order valence-corrected chi connectivity index (χ4v) is 4.57. The Hall–Kier alpha value is -2.64. The van der Waals surface area contributed by atoms with Crippen LogP contribution in [0.2, 0.25) is 0 Å². The molecule has 2 aromatic rings. The van der Waals surface area contributed by atoms with Crippen molar-refractivity contribution in [3.8, 4) is 0 Å². The van der Waals surface area contributed by atoms with Gasteiger partial charge in [-0.05, 0) is 49.6 Å². The molecule has 6 nitrogen and oxygen atoms in total. The standard InChI is InChI=1S/C25H34FN5O/c1-20(21-5-3-2-4-6-21)29-25(11-17-32-18-12-25)19-28-24(27)31-15-13-30(14-16-31)23-9-7-22(26)8-10-23/h2-10,20,29H,11-19H2,1H3,(H2,27,28). The number of nitrogens with two attached hydrogens (primary N) is 1. The first-order valence-corrected chi connectivity index (χ1v) is 11.5. The quantitative estimate of drug-likeness (QED) is 0.535. The minimum atomic E-state index is -0.207. The molecule has 0 saturated carbocycles. The summed E-state index contributed by atoms with van der Waals surface area (Å²) in [4.78, 5) is 9.24. The summed E-state index contributed by atoms with van der Waals surface area (Å²) in [6.07, 6.45) is 1.83. The Kier molecular flexibility index (Phi) is 7.27. The number of halogens is 1. The Morgan fingerprint density at radius 3 is 2.38 bits per heavy atom. The van der Waals surface area contributed by atoms with Crippen molar-refractivity contribution in [1.29, 1.82) is 0 Å². The molecule has 0 spiro atoms. The van der Waals surface area contributed by atoms with Crippen molar-refractivity contribution >= 4 is 11.6 Å². The molecule has 7 heteroatoms. The van der Waals surface area contributed by atoms with E-state index in [0.29, 0.717) is 12.5 Å². The van der Waals surface area contributed by atoms with E-state index in [1.54, 1.807) is 0 Å². The van der Waals surface area contributed by atoms with Crippen LogP contribution in [0.25, 0.3) is 0 Å². The summed E-state index contributed by atoms with van der Waals surface area (Å²) in [5.74, 6) is 0.393. The van der Waals surface area contributed by atoms with Gasteiger partial charge in [-0.2, -0.15) is 0 Å². The summed E-state index contributed by atoms with van der Waals surface area (Å²) < 4.78 is 18.8. The van der Waals surface area contributed by atoms with Gasteiger partial charge in [-0.3, -0.25) is 4.99 Å². The SMILES string of the molecule is CC(NC1(CN=C(N)N2CCN(c3ccc(F)cc3)CC2)CCOCC1)c1ccccc1. The fourth-order valence-electron chi connectivity index (χ4n) is 4.57. The summed E-state index contributed by atoms with van der Waals surface area (Å²) >= 11 is 0. The molecule has 0 radical (unpaired) electrons. The minimum absolute atomic E-state index is 0.117. The van der Waals surface area contributed by atoms with E-state index in [4.69, 9.17) is 15.5 Å². The topological polar surface area (TPSA) is 66.1 Å². The van der Waals surface area contributed by atoms with Crippen LogP contribution in [0.3, 0.4) is 0 Å². The van der Waals surface area contributed by atoms with E-state index in [1.165, 1.54) is 17.7 Å². The van der Waals surface area contributed by atoms with Crippen LogP contribution in [-0.4, -0.2) is 62.3 Å². The second-order valence-electron chi connectivity index (χ2n) is 8.79. The third-order valence-corrected chi connectivity index (χ3v) is 6.61. The van der Waals surface area contributed by atoms with Gasteiger partial charge in [-0.1, -0.05) is 30.3 Å². The van der Waals surface area contributed by atoms with Crippen LogP contribution in [0.15, 0.2) is 59.6 Å². The summed E-state index contributed by atoms with van der Waals surface area (Å²) in [6, 6.07) is 17.4. The van der Waals surface area contributed by atoms with Crippen molar-refractivity contribution in [2.45, 2.75) is 31.3 Å². The van der Waals surface area contributed by atoms with Crippen molar-refractivity contribution in [1.82, 2.24) is 10.2 Å². The van der Waals surface area contributed by atoms with Gasteiger partial charge in [0.15, 0.2) is 5.96 Å². The van der Waals surface area contributed by atoms with Gasteiger partial charge >= 0.3 is 0 Å². The number of piperazine rings is 1. The molecule has 2 aromatic carbocycles. The fraction of sp³-hybridized carbons (Fsp3) is 0.480. The predicted octanol–water partition coefficient (Wildman–Crippen LogP) is 3.16. The molecule has 0 amide bonds. The summed E-state index contributed by atoms with van der Waals surface area (Å²) in [7, 11) is 0. The van der Waals surface area contributed by atoms with E-state index in [0.717, 1.165) is 57.9 Å². The third-order valence-electron chi connectivity index (χ3n) is 6.61. The molecule has 3 N–H and O–H groups in total. The van der Waals surface area contributed by atoms with E-state index in [-0.39, 0.29) is 17.4 Å². The van der Waals surface area contributed by atoms with Gasteiger partial charge in [0, 0.05) is 56.7 Å². The number of rotatable bonds is 6. The Labute approximate surface area is 190 Å². The van der Waals surface area contributed by atoms with Crippen LogP contribution in [0.5, 0.6) is 0 Å². The molecular weight excluding hydrogens is 405 g/mol. The maximum atomic E-state index is 13.2. The maximum Gasteiger partial charge on any atom is 0.191 e. The molecule has 2 aliphatic heterocycles. The molecule has 0 aliphatic carbocycles. The first-order chi connectivity index (χ1) is 15.5. The third kappa shape index (κ3) is 5.58. The minimum Gasteiger partial charge on any atom is -0.381 e. The lowest BCUT2D eigenvalue weighted by Crippen LogP contribution is -2.54. The molecule has 2 aliphatic rings. The van der Waals surface area contributed by atoms with E-state index < -0.39 is 0 Å². The van der Waals surface area contributed by atoms with E-state index in [1.807, 2.05) is 18.2 Å². The average molecular weight is 440 g/mol. The van der Waals surface area contributed by atoms with Crippen molar-refractivity contribution in [2.24, 2.45) is 10.7 Å². The largest absolute Gasteiger partial charge is 0.381 e. The number of hydrogen-bond acceptors (Lipinski definition) is 4. The normalized spacial score (nSPS) is 20.2. The van der Waals surface area contributed by atoms with Crippen LogP contribution in [-0.2, 0) is 4.74 Å². The van der Waals surface area contributed by atoms with Crippen molar-refractivity contribution in [2.75, 3.05) is 50.8 Å². The highest BCUT2D eigenvalue weighted by Gasteiger charge is 2.34. The van der Waals surface area contributed by atoms with Gasteiger partial charge in [0.25, 0.3) is 0 Å². The zero-order chi connectivity index (χ0) is 22.4. The highest BCUT2D eigenvalue weighted by Crippen LogP contribution is 2.26. The lowest BCUT2D eigenvalue weighted by atomic mass is 9.88. The summed E-state index contributed by atoms with van der Waals surface area (Å²) in [6.45, 7) is 7.59. The predicted molar refractivity (Wildman–Crippen MR) is 127 cm³/mol. The van der Waals surface area contributed by atoms with Gasteiger partial charge in [0.2, 0.25) is 0 Å². The van der Waals surface area contributed by atoms with Gasteiger partial charge < -0.3 is 25.6 Å². The Bertz CT molecular complexity index is 875. The van der Waals surface area contributed by atoms with Crippen LogP contribution < -0.4 is 16.0 Å². The van der Waals surface area contributed by atoms with Crippen LogP contribution in [0.1, 0.15) is 31.4 Å². The van der Waals surface area contributed by atoms with Gasteiger partial charge in [0.05, 0.1) is 6.54 Å². The number of benzene rings is 2. The highest BCUT2D eigenvalue weighted by molar-refractivity contribution is 5.78. The number of anilines is 1. The van der Waals surface area contributed by atoms with Crippen molar-refractivity contribution < 1.29 is 9.13 Å². The van der Waals surface area contributed by atoms with E-state index in [2.05, 4.69) is 46.3 Å². The van der Waals surface area contributed by atoms with Crippen LogP contribution in [0, 0.1) is 5.82 Å². The molecule has 4 rings (SSSR count). The first kappa shape index (κ1) is 22.6. The molecule has 32 heavy (non-hydrogen) atoms. The maximum absolute atomic E-state index is 13.2. The molecule has 1 atom stereocenters. The Balaban J connectivity index is 1.36. The first-order valence-electron chi connectivity index (χ1n) is 11.5. The lowest BCUT2D eigenvalue weighted by molar-refractivity contribution is 0.0374. The Morgan fingerprint density at radius 1 is 1.06 bits per heavy atom. The van der Waals surface area contributed by atoms with Crippen molar-refractivity contribution in [3.05, 3.63) is 66.0 Å². The number of guanidine groups is 1. The molecule has 1 unspecified atom stereocenters. The molecule has 172 valence electrons. The zero-order valence-electron chi connectivity index (χ0n) is 18.8. The number of ether oxygens (including phenoxy) is 1.